The van der Waals surface area contributed by atoms with Gasteiger partial charge in [0.25, 0.3) is 0 Å². The fourth-order valence-corrected chi connectivity index (χ4v) is 13.5. The quantitative estimate of drug-likeness (QED) is 0.653. The Hall–Kier alpha value is 0.799. The molecule has 0 aromatic carbocycles. The molecule has 0 N–H and O–H groups in total. The molecule has 1 unspecified atom stereocenters. The molecule has 78 valence electrons. The van der Waals surface area contributed by atoms with E-state index >= 15 is 0 Å². The molecule has 1 aliphatic carbocycles. The molecule has 0 saturated heterocycles. The van der Waals surface area contributed by atoms with Crippen LogP contribution >= 0.6 is 0 Å². The third-order valence-electron chi connectivity index (χ3n) is 4.54. The van der Waals surface area contributed by atoms with Crippen molar-refractivity contribution in [3.63, 3.8) is 0 Å². The maximum absolute atomic E-state index is 2.69. The first kappa shape index (κ1) is 11.9. The Morgan fingerprint density at radius 3 is 2.15 bits per heavy atom. The molecule has 1 atom stereocenters. The third-order valence-corrected chi connectivity index (χ3v) is 20.6. The van der Waals surface area contributed by atoms with Gasteiger partial charge in [0.05, 0.1) is 0 Å². The maximum atomic E-state index is 2.69. The predicted molar refractivity (Wildman–Crippen MR) is 64.0 cm³/mol. The topological polar surface area (TPSA) is 0 Å². The molecule has 1 aliphatic rings. The average molecular weight is 289 g/mol. The summed E-state index contributed by atoms with van der Waals surface area (Å²) >= 11 is -1.67. The van der Waals surface area contributed by atoms with E-state index < -0.39 is 18.4 Å². The van der Waals surface area contributed by atoms with Gasteiger partial charge in [-0.25, -0.2) is 0 Å². The molecule has 0 aliphatic heterocycles. The summed E-state index contributed by atoms with van der Waals surface area (Å²) in [6.07, 6.45) is 9.16. The Bertz CT molecular complexity index is 145. The zero-order valence-electron chi connectivity index (χ0n) is 9.90. The van der Waals surface area contributed by atoms with E-state index in [0.29, 0.717) is 0 Å². The summed E-state index contributed by atoms with van der Waals surface area (Å²) < 4.78 is 2.30. The van der Waals surface area contributed by atoms with Crippen LogP contribution in [0.3, 0.4) is 0 Å². The molecular weight excluding hydrogens is 263 g/mol. The summed E-state index contributed by atoms with van der Waals surface area (Å²) in [5.41, 5.74) is 0. The second-order valence-electron chi connectivity index (χ2n) is 5.47. The van der Waals surface area contributed by atoms with Crippen molar-refractivity contribution in [2.24, 2.45) is 0 Å². The summed E-state index contributed by atoms with van der Waals surface area (Å²) in [6, 6.07) is 0. The summed E-state index contributed by atoms with van der Waals surface area (Å²) in [5.74, 6) is 0. The van der Waals surface area contributed by atoms with Gasteiger partial charge >= 0.3 is 88.5 Å². The molecule has 0 aromatic heterocycles. The van der Waals surface area contributed by atoms with Crippen molar-refractivity contribution in [1.29, 1.82) is 0 Å². The van der Waals surface area contributed by atoms with Gasteiger partial charge < -0.3 is 0 Å². The normalized spacial score (nSPS) is 23.1. The molecule has 0 bridgehead atoms. The van der Waals surface area contributed by atoms with E-state index in [9.17, 15) is 0 Å². The Kier molecular flexibility index (Phi) is 4.60. The van der Waals surface area contributed by atoms with Crippen LogP contribution in [0.2, 0.25) is 17.7 Å². The van der Waals surface area contributed by atoms with Crippen molar-refractivity contribution in [3.8, 4) is 0 Å². The average Bonchev–Trinajstić information content (AvgIpc) is 2.18. The van der Waals surface area contributed by atoms with Crippen molar-refractivity contribution in [2.75, 3.05) is 0 Å². The van der Waals surface area contributed by atoms with Crippen LogP contribution in [0.5, 0.6) is 0 Å². The fraction of sp³-hybridized carbons (Fsp3) is 1.00. The zero-order chi connectivity index (χ0) is 9.90. The molecule has 0 heterocycles. The zero-order valence-corrected chi connectivity index (χ0v) is 12.8. The second-order valence-corrected chi connectivity index (χ2v) is 21.0. The molecule has 1 saturated carbocycles. The van der Waals surface area contributed by atoms with E-state index in [2.05, 4.69) is 23.7 Å². The van der Waals surface area contributed by atoms with Crippen LogP contribution in [-0.2, 0) is 0 Å². The van der Waals surface area contributed by atoms with Crippen LogP contribution in [0.1, 0.15) is 52.4 Å². The minimum absolute atomic E-state index is 1.09. The summed E-state index contributed by atoms with van der Waals surface area (Å²) in [7, 11) is 0. The first-order valence-corrected chi connectivity index (χ1v) is 15.1. The molecular formula is C12H26Sn. The van der Waals surface area contributed by atoms with E-state index in [1.165, 1.54) is 29.6 Å². The van der Waals surface area contributed by atoms with Crippen molar-refractivity contribution in [1.82, 2.24) is 0 Å². The predicted octanol–water partition coefficient (Wildman–Crippen LogP) is 4.83. The molecule has 0 nitrogen and oxygen atoms in total. The van der Waals surface area contributed by atoms with Crippen LogP contribution in [-0.4, -0.2) is 18.4 Å². The molecule has 13 heavy (non-hydrogen) atoms. The van der Waals surface area contributed by atoms with Gasteiger partial charge in [-0.1, -0.05) is 0 Å². The summed E-state index contributed by atoms with van der Waals surface area (Å²) in [6.45, 7) is 4.90. The Balaban J connectivity index is 2.55. The van der Waals surface area contributed by atoms with Crippen LogP contribution in [0.25, 0.3) is 0 Å². The van der Waals surface area contributed by atoms with Crippen LogP contribution in [0.15, 0.2) is 0 Å². The second kappa shape index (κ2) is 5.04. The van der Waals surface area contributed by atoms with E-state index in [-0.39, 0.29) is 0 Å². The molecule has 0 radical (unpaired) electrons. The molecule has 1 fully saturated rings. The van der Waals surface area contributed by atoms with Gasteiger partial charge in [-0.15, -0.1) is 0 Å². The molecule has 0 amide bonds. The van der Waals surface area contributed by atoms with Gasteiger partial charge in [0.15, 0.2) is 0 Å². The van der Waals surface area contributed by atoms with Gasteiger partial charge in [0.1, 0.15) is 0 Å². The van der Waals surface area contributed by atoms with E-state index in [0.717, 1.165) is 3.93 Å². The van der Waals surface area contributed by atoms with Crippen molar-refractivity contribution < 1.29 is 0 Å². The standard InChI is InChI=1S/C6H11.C4H9.2CH3.Sn/c1-2-4-6-5-3-1;1-3-4-2;;;/h1H,2-6H2;3H,4H2,1-2H3;2*1H3;. The summed E-state index contributed by atoms with van der Waals surface area (Å²) in [5, 5.41) is 0. The Labute approximate surface area is 88.4 Å². The van der Waals surface area contributed by atoms with Crippen LogP contribution in [0, 0.1) is 0 Å². The minimum atomic E-state index is -1.67. The molecule has 1 rings (SSSR count). The van der Waals surface area contributed by atoms with E-state index in [4.69, 9.17) is 0 Å². The van der Waals surface area contributed by atoms with Gasteiger partial charge in [-0.3, -0.25) is 0 Å². The third kappa shape index (κ3) is 2.87. The SMILES string of the molecule is CC[CH](C)[Sn]([CH3])([CH3])[CH]1CCCCC1. The Morgan fingerprint density at radius 1 is 1.15 bits per heavy atom. The summed E-state index contributed by atoms with van der Waals surface area (Å²) in [4.78, 5) is 5.39. The van der Waals surface area contributed by atoms with Crippen molar-refractivity contribution in [2.45, 2.75) is 70.1 Å². The molecule has 0 spiro atoms. The number of hydrogen-bond acceptors (Lipinski definition) is 0. The van der Waals surface area contributed by atoms with Gasteiger partial charge in [-0.05, 0) is 0 Å². The van der Waals surface area contributed by atoms with E-state index in [1.54, 1.807) is 12.8 Å². The Morgan fingerprint density at radius 2 is 1.69 bits per heavy atom. The van der Waals surface area contributed by atoms with Gasteiger partial charge in [-0.2, -0.15) is 0 Å². The number of rotatable bonds is 3. The van der Waals surface area contributed by atoms with Crippen molar-refractivity contribution in [3.05, 3.63) is 0 Å². The van der Waals surface area contributed by atoms with Gasteiger partial charge in [0, 0.05) is 0 Å². The molecule has 1 heteroatoms. The first-order valence-electron chi connectivity index (χ1n) is 6.09. The number of hydrogen-bond donors (Lipinski definition) is 0. The van der Waals surface area contributed by atoms with Crippen LogP contribution < -0.4 is 0 Å². The van der Waals surface area contributed by atoms with Gasteiger partial charge in [0.2, 0.25) is 0 Å². The van der Waals surface area contributed by atoms with E-state index in [1.807, 2.05) is 0 Å². The first-order chi connectivity index (χ1) is 6.09. The van der Waals surface area contributed by atoms with Crippen molar-refractivity contribution >= 4 is 18.4 Å². The monoisotopic (exact) mass is 290 g/mol. The molecule has 0 aromatic rings. The van der Waals surface area contributed by atoms with Crippen LogP contribution in [0.4, 0.5) is 0 Å². The fourth-order valence-electron chi connectivity index (χ4n) is 2.78.